The molecule has 7 nitrogen and oxygen atoms in total. The third-order valence-corrected chi connectivity index (χ3v) is 5.89. The normalized spacial score (nSPS) is 19.8. The van der Waals surface area contributed by atoms with Crippen LogP contribution in [0.15, 0.2) is 71.7 Å². The second kappa shape index (κ2) is 9.56. The largest absolute Gasteiger partial charge is 0.393 e. The first kappa shape index (κ1) is 22.7. The van der Waals surface area contributed by atoms with Gasteiger partial charge in [-0.05, 0) is 55.3 Å². The van der Waals surface area contributed by atoms with Crippen molar-refractivity contribution in [3.63, 3.8) is 0 Å². The lowest BCUT2D eigenvalue weighted by Gasteiger charge is -2.19. The van der Waals surface area contributed by atoms with Crippen LogP contribution in [0.3, 0.4) is 0 Å². The minimum absolute atomic E-state index is 0.0778. The molecule has 1 saturated carbocycles. The number of aliphatic hydroxyl groups is 1. The van der Waals surface area contributed by atoms with Crippen LogP contribution in [0.25, 0.3) is 5.69 Å². The zero-order chi connectivity index (χ0) is 23.5. The maximum absolute atomic E-state index is 14.7. The molecule has 9 heteroatoms. The molecule has 3 atom stereocenters. The average molecular weight is 470 g/mol. The number of hydrogen-bond donors (Lipinski definition) is 3. The summed E-state index contributed by atoms with van der Waals surface area (Å²) in [5.74, 6) is -3.30. The Balaban J connectivity index is 1.48. The van der Waals surface area contributed by atoms with Gasteiger partial charge in [-0.3, -0.25) is 19.0 Å². The summed E-state index contributed by atoms with van der Waals surface area (Å²) in [5.41, 5.74) is 0.435. The number of hydrogen-bond acceptors (Lipinski definition) is 4. The highest BCUT2D eigenvalue weighted by molar-refractivity contribution is 6.30. The van der Waals surface area contributed by atoms with Gasteiger partial charge in [-0.2, -0.15) is 0 Å². The van der Waals surface area contributed by atoms with Gasteiger partial charge in [0.05, 0.1) is 29.3 Å². The Kier molecular flexibility index (Phi) is 6.57. The van der Waals surface area contributed by atoms with Gasteiger partial charge in [-0.1, -0.05) is 17.7 Å². The van der Waals surface area contributed by atoms with Crippen molar-refractivity contribution >= 4 is 34.8 Å². The molecule has 2 aromatic carbocycles. The molecule has 4 rings (SSSR count). The van der Waals surface area contributed by atoms with E-state index in [1.807, 2.05) is 0 Å². The number of rotatable bonds is 5. The van der Waals surface area contributed by atoms with Gasteiger partial charge < -0.3 is 15.7 Å². The van der Waals surface area contributed by atoms with Gasteiger partial charge in [-0.25, -0.2) is 4.39 Å². The van der Waals surface area contributed by atoms with E-state index in [-0.39, 0.29) is 24.1 Å². The topological polar surface area (TPSA) is 100 Å². The third kappa shape index (κ3) is 5.13. The van der Waals surface area contributed by atoms with Crippen LogP contribution in [0.4, 0.5) is 15.8 Å². The van der Waals surface area contributed by atoms with Gasteiger partial charge in [0, 0.05) is 29.0 Å². The number of pyridine rings is 1. The van der Waals surface area contributed by atoms with Crippen LogP contribution in [-0.2, 0) is 9.59 Å². The van der Waals surface area contributed by atoms with Crippen LogP contribution in [0.5, 0.6) is 0 Å². The standard InChI is InChI=1S/C24H21ClFN3O4/c25-14-4-6-15(7-5-14)27-23(32)18-12-17(30)13-19(18)24(33)28-21-9-8-16(11-20(21)26)29-10-2-1-3-22(29)31/h1-11,17-19,30H,12-13H2,(H,27,32)(H,28,33)/t17-,18+,19-/m1/s1. The van der Waals surface area contributed by atoms with E-state index in [2.05, 4.69) is 10.6 Å². The molecule has 1 aliphatic carbocycles. The smallest absolute Gasteiger partial charge is 0.255 e. The van der Waals surface area contributed by atoms with Gasteiger partial charge in [0.2, 0.25) is 11.8 Å². The Morgan fingerprint density at radius 1 is 0.970 bits per heavy atom. The highest BCUT2D eigenvalue weighted by Gasteiger charge is 2.42. The molecule has 2 amide bonds. The van der Waals surface area contributed by atoms with Crippen molar-refractivity contribution in [2.75, 3.05) is 10.6 Å². The molecule has 0 unspecified atom stereocenters. The van der Waals surface area contributed by atoms with Crippen LogP contribution < -0.4 is 16.2 Å². The summed E-state index contributed by atoms with van der Waals surface area (Å²) >= 11 is 5.86. The van der Waals surface area contributed by atoms with E-state index < -0.39 is 35.6 Å². The fourth-order valence-electron chi connectivity index (χ4n) is 3.98. The quantitative estimate of drug-likeness (QED) is 0.531. The summed E-state index contributed by atoms with van der Waals surface area (Å²) in [6, 6.07) is 15.1. The van der Waals surface area contributed by atoms with Crippen LogP contribution in [0.2, 0.25) is 5.02 Å². The lowest BCUT2D eigenvalue weighted by Crippen LogP contribution is -2.33. The Hall–Kier alpha value is -3.49. The summed E-state index contributed by atoms with van der Waals surface area (Å²) in [5, 5.41) is 15.9. The molecule has 33 heavy (non-hydrogen) atoms. The summed E-state index contributed by atoms with van der Waals surface area (Å²) in [6.07, 6.45) is 0.900. The Labute approximate surface area is 193 Å². The van der Waals surface area contributed by atoms with Gasteiger partial charge in [0.25, 0.3) is 5.56 Å². The minimum atomic E-state index is -0.830. The Bertz CT molecular complexity index is 1240. The molecular weight excluding hydrogens is 449 g/mol. The zero-order valence-corrected chi connectivity index (χ0v) is 18.1. The van der Waals surface area contributed by atoms with E-state index in [0.29, 0.717) is 16.4 Å². The highest BCUT2D eigenvalue weighted by atomic mass is 35.5. The second-order valence-corrected chi connectivity index (χ2v) is 8.33. The number of benzene rings is 2. The molecule has 170 valence electrons. The van der Waals surface area contributed by atoms with Crippen molar-refractivity contribution in [3.8, 4) is 5.69 Å². The highest BCUT2D eigenvalue weighted by Crippen LogP contribution is 2.34. The molecule has 3 aromatic rings. The first-order chi connectivity index (χ1) is 15.8. The van der Waals surface area contributed by atoms with Crippen molar-refractivity contribution in [1.29, 1.82) is 0 Å². The number of halogens is 2. The van der Waals surface area contributed by atoms with Crippen LogP contribution >= 0.6 is 11.6 Å². The number of aliphatic hydroxyl groups excluding tert-OH is 1. The fraction of sp³-hybridized carbons (Fsp3) is 0.208. The molecule has 3 N–H and O–H groups in total. The van der Waals surface area contributed by atoms with Crippen molar-refractivity contribution in [1.82, 2.24) is 4.57 Å². The maximum atomic E-state index is 14.7. The minimum Gasteiger partial charge on any atom is -0.393 e. The lowest BCUT2D eigenvalue weighted by atomic mass is 9.94. The number of nitrogens with one attached hydrogen (secondary N) is 2. The van der Waals surface area contributed by atoms with Crippen molar-refractivity contribution < 1.29 is 19.1 Å². The number of amides is 2. The monoisotopic (exact) mass is 469 g/mol. The number of nitrogens with zero attached hydrogens (tertiary/aromatic N) is 1. The van der Waals surface area contributed by atoms with Crippen LogP contribution in [-0.4, -0.2) is 27.6 Å². The molecular formula is C24H21ClFN3O4. The number of aromatic nitrogens is 1. The Morgan fingerprint density at radius 2 is 1.64 bits per heavy atom. The van der Waals surface area contributed by atoms with E-state index in [4.69, 9.17) is 11.6 Å². The summed E-state index contributed by atoms with van der Waals surface area (Å²) < 4.78 is 16.0. The van der Waals surface area contributed by atoms with Crippen molar-refractivity contribution in [3.05, 3.63) is 88.1 Å². The Morgan fingerprint density at radius 3 is 2.27 bits per heavy atom. The van der Waals surface area contributed by atoms with Crippen LogP contribution in [0, 0.1) is 17.7 Å². The molecule has 1 aliphatic rings. The van der Waals surface area contributed by atoms with E-state index in [9.17, 15) is 23.9 Å². The van der Waals surface area contributed by atoms with Crippen molar-refractivity contribution in [2.24, 2.45) is 11.8 Å². The van der Waals surface area contributed by atoms with Gasteiger partial charge in [0.1, 0.15) is 5.82 Å². The zero-order valence-electron chi connectivity index (χ0n) is 17.4. The van der Waals surface area contributed by atoms with E-state index in [1.165, 1.54) is 29.0 Å². The maximum Gasteiger partial charge on any atom is 0.255 e. The predicted octanol–water partition coefficient (Wildman–Crippen LogP) is 3.59. The first-order valence-corrected chi connectivity index (χ1v) is 10.7. The van der Waals surface area contributed by atoms with Gasteiger partial charge in [-0.15, -0.1) is 0 Å². The van der Waals surface area contributed by atoms with Gasteiger partial charge >= 0.3 is 0 Å². The number of carbonyl (C=O) groups excluding carboxylic acids is 2. The van der Waals surface area contributed by atoms with E-state index >= 15 is 0 Å². The molecule has 1 aromatic heterocycles. The number of anilines is 2. The molecule has 0 saturated heterocycles. The third-order valence-electron chi connectivity index (χ3n) is 5.63. The van der Waals surface area contributed by atoms with E-state index in [1.54, 1.807) is 36.4 Å². The molecule has 0 spiro atoms. The number of carbonyl (C=O) groups is 2. The summed E-state index contributed by atoms with van der Waals surface area (Å²) in [6.45, 7) is 0. The van der Waals surface area contributed by atoms with Gasteiger partial charge in [0.15, 0.2) is 0 Å². The summed E-state index contributed by atoms with van der Waals surface area (Å²) in [7, 11) is 0. The van der Waals surface area contributed by atoms with E-state index in [0.717, 1.165) is 6.07 Å². The second-order valence-electron chi connectivity index (χ2n) is 7.90. The average Bonchev–Trinajstić information content (AvgIpc) is 3.19. The molecule has 1 fully saturated rings. The SMILES string of the molecule is O=C(Nc1ccc(Cl)cc1)[C@H]1C[C@@H](O)C[C@H]1C(=O)Nc1ccc(-n2ccccc2=O)cc1F. The summed E-state index contributed by atoms with van der Waals surface area (Å²) in [4.78, 5) is 37.6. The first-order valence-electron chi connectivity index (χ1n) is 10.3. The molecule has 0 radical (unpaired) electrons. The van der Waals surface area contributed by atoms with Crippen molar-refractivity contribution in [2.45, 2.75) is 18.9 Å². The predicted molar refractivity (Wildman–Crippen MR) is 123 cm³/mol. The molecule has 0 bridgehead atoms. The fourth-order valence-corrected chi connectivity index (χ4v) is 4.11. The molecule has 1 heterocycles. The van der Waals surface area contributed by atoms with Crippen LogP contribution in [0.1, 0.15) is 12.8 Å². The lowest BCUT2D eigenvalue weighted by molar-refractivity contribution is -0.128. The molecule has 0 aliphatic heterocycles.